The summed E-state index contributed by atoms with van der Waals surface area (Å²) in [6.45, 7) is 11.9. The third-order valence-electron chi connectivity index (χ3n) is 1.53. The van der Waals surface area contributed by atoms with E-state index in [1.165, 1.54) is 0 Å². The molecule has 0 saturated heterocycles. The number of nitrogens with two attached hydrogens (primary N) is 2. The van der Waals surface area contributed by atoms with E-state index < -0.39 is 0 Å². The van der Waals surface area contributed by atoms with Crippen molar-refractivity contribution in [3.8, 4) is 0 Å². The molecule has 0 aromatic heterocycles. The predicted molar refractivity (Wildman–Crippen MR) is 74.1 cm³/mol. The van der Waals surface area contributed by atoms with Gasteiger partial charge < -0.3 is 11.5 Å². The summed E-state index contributed by atoms with van der Waals surface area (Å²) in [4.78, 5) is 0. The average Bonchev–Trinajstić information content (AvgIpc) is 1.78. The van der Waals surface area contributed by atoms with Crippen LogP contribution in [0, 0.1) is 21.6 Å². The van der Waals surface area contributed by atoms with Crippen LogP contribution in [0.1, 0.15) is 55.4 Å². The van der Waals surface area contributed by atoms with Gasteiger partial charge in [-0.05, 0) is 5.41 Å². The summed E-state index contributed by atoms with van der Waals surface area (Å²) in [5.41, 5.74) is 10.3. The number of nitrogens with one attached hydrogen (secondary N) is 2. The minimum Gasteiger partial charge on any atom is -0.388 e. The minimum atomic E-state index is -0.139. The van der Waals surface area contributed by atoms with Crippen LogP contribution in [0.4, 0.5) is 0 Å². The molecule has 0 spiro atoms. The molecule has 0 bridgehead atoms. The van der Waals surface area contributed by atoms with E-state index in [0.717, 1.165) is 0 Å². The van der Waals surface area contributed by atoms with Crippen LogP contribution in [0.3, 0.4) is 0 Å². The fourth-order valence-corrected chi connectivity index (χ4v) is 0.571. The zero-order valence-corrected chi connectivity index (χ0v) is 10.9. The first-order chi connectivity index (χ1) is 6.36. The molecule has 0 rings (SSSR count). The Morgan fingerprint density at radius 2 is 1.19 bits per heavy atom. The molecule has 4 heteroatoms. The van der Waals surface area contributed by atoms with Crippen LogP contribution in [-0.4, -0.2) is 11.7 Å². The maximum Gasteiger partial charge on any atom is 0.0960 e. The average molecular weight is 230 g/mol. The van der Waals surface area contributed by atoms with Crippen LogP contribution in [0.25, 0.3) is 0 Å². The Morgan fingerprint density at radius 3 is 1.19 bits per heavy atom. The second-order valence-electron chi connectivity index (χ2n) is 5.93. The second kappa shape index (κ2) is 7.25. The molecule has 98 valence electrons. The van der Waals surface area contributed by atoms with Gasteiger partial charge in [0.25, 0.3) is 0 Å². The van der Waals surface area contributed by atoms with Gasteiger partial charge in [-0.2, -0.15) is 0 Å². The van der Waals surface area contributed by atoms with Gasteiger partial charge in [0.15, 0.2) is 0 Å². The van der Waals surface area contributed by atoms with E-state index in [1.807, 2.05) is 20.8 Å². The first-order valence-corrected chi connectivity index (χ1v) is 5.03. The van der Waals surface area contributed by atoms with Crippen molar-refractivity contribution in [2.24, 2.45) is 22.3 Å². The molecule has 0 aliphatic carbocycles. The lowest BCUT2D eigenvalue weighted by Gasteiger charge is -2.15. The quantitative estimate of drug-likeness (QED) is 0.411. The molecule has 0 saturated carbocycles. The maximum atomic E-state index is 6.93. The molecule has 0 amide bonds. The first kappa shape index (κ1) is 20.4. The van der Waals surface area contributed by atoms with Crippen molar-refractivity contribution in [3.05, 3.63) is 0 Å². The Hall–Kier alpha value is -1.06. The summed E-state index contributed by atoms with van der Waals surface area (Å²) >= 11 is 0. The Balaban J connectivity index is -0.000000200. The van der Waals surface area contributed by atoms with E-state index in [-0.39, 0.29) is 29.9 Å². The molecule has 0 aliphatic heterocycles. The number of rotatable bonds is 1. The molecule has 0 aromatic carbocycles. The third kappa shape index (κ3) is 18.7. The first-order valence-electron chi connectivity index (χ1n) is 5.03. The molecular formula is C12H30N4. The van der Waals surface area contributed by atoms with E-state index in [1.54, 1.807) is 0 Å². The van der Waals surface area contributed by atoms with Crippen molar-refractivity contribution in [3.63, 3.8) is 0 Å². The summed E-state index contributed by atoms with van der Waals surface area (Å²) in [5.74, 6) is 0.519. The van der Waals surface area contributed by atoms with E-state index in [2.05, 4.69) is 20.8 Å². The van der Waals surface area contributed by atoms with E-state index in [9.17, 15) is 0 Å². The van der Waals surface area contributed by atoms with Gasteiger partial charge in [0.05, 0.1) is 11.7 Å². The molecule has 0 fully saturated rings. The molecule has 16 heavy (non-hydrogen) atoms. The van der Waals surface area contributed by atoms with Crippen molar-refractivity contribution >= 4 is 11.7 Å². The zero-order valence-electron chi connectivity index (χ0n) is 10.9. The van der Waals surface area contributed by atoms with Crippen LogP contribution < -0.4 is 11.5 Å². The van der Waals surface area contributed by atoms with Crippen LogP contribution in [-0.2, 0) is 0 Å². The Kier molecular flexibility index (Phi) is 9.23. The van der Waals surface area contributed by atoms with E-state index >= 15 is 0 Å². The molecule has 0 aliphatic rings. The Bertz CT molecular complexity index is 218. The fraction of sp³-hybridized carbons (Fsp3) is 0.833. The molecule has 0 atom stereocenters. The Morgan fingerprint density at radius 1 is 0.938 bits per heavy atom. The fourth-order valence-electron chi connectivity index (χ4n) is 0.571. The minimum absolute atomic E-state index is 0. The van der Waals surface area contributed by atoms with Crippen LogP contribution in [0.15, 0.2) is 0 Å². The highest BCUT2D eigenvalue weighted by Crippen LogP contribution is 2.16. The standard InChI is InChI=1S/C6H14N2.C5H12N2.CH4/c1-6(2,3)4-5(7)8;1-5(2,3)4(6)7;/h4H2,1-3H3,(H3,7,8);1-3H3,(H3,6,7);1H4. The Labute approximate surface area is 101 Å². The molecule has 0 aromatic rings. The highest BCUT2D eigenvalue weighted by atomic mass is 14.7. The highest BCUT2D eigenvalue weighted by Gasteiger charge is 2.12. The zero-order chi connectivity index (χ0) is 12.9. The second-order valence-corrected chi connectivity index (χ2v) is 5.93. The molecule has 4 nitrogen and oxygen atoms in total. The predicted octanol–water partition coefficient (Wildman–Crippen LogP) is 2.96. The summed E-state index contributed by atoms with van der Waals surface area (Å²) in [7, 11) is 0. The van der Waals surface area contributed by atoms with Gasteiger partial charge in [0.2, 0.25) is 0 Å². The lowest BCUT2D eigenvalue weighted by atomic mass is 9.92. The smallest absolute Gasteiger partial charge is 0.0960 e. The van der Waals surface area contributed by atoms with Gasteiger partial charge in [-0.25, -0.2) is 0 Å². The van der Waals surface area contributed by atoms with Gasteiger partial charge in [-0.1, -0.05) is 49.0 Å². The molecular weight excluding hydrogens is 200 g/mol. The van der Waals surface area contributed by atoms with Gasteiger partial charge in [0, 0.05) is 11.8 Å². The summed E-state index contributed by atoms with van der Waals surface area (Å²) in [6, 6.07) is 0. The van der Waals surface area contributed by atoms with Gasteiger partial charge in [0.1, 0.15) is 0 Å². The number of hydrogen-bond donors (Lipinski definition) is 4. The largest absolute Gasteiger partial charge is 0.388 e. The number of hydrogen-bond acceptors (Lipinski definition) is 2. The molecule has 0 radical (unpaired) electrons. The lowest BCUT2D eigenvalue weighted by Crippen LogP contribution is -2.27. The molecule has 6 N–H and O–H groups in total. The summed E-state index contributed by atoms with van der Waals surface area (Å²) < 4.78 is 0. The van der Waals surface area contributed by atoms with Crippen molar-refractivity contribution in [2.75, 3.05) is 0 Å². The van der Waals surface area contributed by atoms with Gasteiger partial charge in [-0.15, -0.1) is 0 Å². The van der Waals surface area contributed by atoms with Crippen molar-refractivity contribution in [1.29, 1.82) is 10.8 Å². The topological polar surface area (TPSA) is 99.7 Å². The van der Waals surface area contributed by atoms with Crippen LogP contribution >= 0.6 is 0 Å². The summed E-state index contributed by atoms with van der Waals surface area (Å²) in [5, 5.41) is 13.9. The van der Waals surface area contributed by atoms with Crippen molar-refractivity contribution < 1.29 is 0 Å². The maximum absolute atomic E-state index is 6.93. The highest BCUT2D eigenvalue weighted by molar-refractivity contribution is 5.82. The third-order valence-corrected chi connectivity index (χ3v) is 1.53. The van der Waals surface area contributed by atoms with Crippen LogP contribution in [0.5, 0.6) is 0 Å². The molecule has 0 unspecified atom stereocenters. The van der Waals surface area contributed by atoms with Crippen molar-refractivity contribution in [2.45, 2.75) is 55.4 Å². The normalized spacial score (nSPS) is 10.6. The SMILES string of the molecule is C.CC(C)(C)C(=N)N.CC(C)(C)CC(=N)N. The van der Waals surface area contributed by atoms with E-state index in [4.69, 9.17) is 22.3 Å². The van der Waals surface area contributed by atoms with Gasteiger partial charge in [-0.3, -0.25) is 10.8 Å². The van der Waals surface area contributed by atoms with E-state index in [0.29, 0.717) is 6.42 Å². The van der Waals surface area contributed by atoms with Crippen LogP contribution in [0.2, 0.25) is 0 Å². The van der Waals surface area contributed by atoms with Gasteiger partial charge >= 0.3 is 0 Å². The monoisotopic (exact) mass is 230 g/mol. The lowest BCUT2D eigenvalue weighted by molar-refractivity contribution is 0.432. The number of amidine groups is 2. The molecule has 0 heterocycles. The van der Waals surface area contributed by atoms with Crippen molar-refractivity contribution in [1.82, 2.24) is 0 Å². The summed E-state index contributed by atoms with van der Waals surface area (Å²) in [6.07, 6.45) is 0.688.